The first-order chi connectivity index (χ1) is 11.6. The van der Waals surface area contributed by atoms with Crippen LogP contribution in [0.5, 0.6) is 5.75 Å². The van der Waals surface area contributed by atoms with Crippen LogP contribution in [-0.2, 0) is 0 Å². The molecule has 0 atom stereocenters. The molecule has 0 radical (unpaired) electrons. The molecule has 2 aromatic carbocycles. The van der Waals surface area contributed by atoms with Crippen molar-refractivity contribution in [3.8, 4) is 11.8 Å². The van der Waals surface area contributed by atoms with Crippen LogP contribution in [0.15, 0.2) is 54.6 Å². The molecule has 0 bridgehead atoms. The first-order valence-electron chi connectivity index (χ1n) is 7.70. The van der Waals surface area contributed by atoms with Crippen molar-refractivity contribution >= 4 is 16.9 Å². The predicted octanol–water partition coefficient (Wildman–Crippen LogP) is 4.45. The van der Waals surface area contributed by atoms with Crippen LogP contribution in [0.2, 0.25) is 0 Å². The minimum absolute atomic E-state index is 0.205. The van der Waals surface area contributed by atoms with Gasteiger partial charge >= 0.3 is 5.97 Å². The van der Waals surface area contributed by atoms with E-state index < -0.39 is 5.97 Å². The van der Waals surface area contributed by atoms with Gasteiger partial charge in [0.2, 0.25) is 0 Å². The number of pyridine rings is 1. The summed E-state index contributed by atoms with van der Waals surface area (Å²) in [5, 5.41) is 9.59. The van der Waals surface area contributed by atoms with Crippen molar-refractivity contribution < 1.29 is 9.53 Å². The van der Waals surface area contributed by atoms with Crippen LogP contribution in [0.3, 0.4) is 0 Å². The number of nitriles is 1. The molecule has 0 saturated heterocycles. The Morgan fingerprint density at radius 2 is 1.83 bits per heavy atom. The summed E-state index contributed by atoms with van der Waals surface area (Å²) in [6, 6.07) is 17.8. The lowest BCUT2D eigenvalue weighted by atomic mass is 10.0. The minimum atomic E-state index is -0.430. The maximum Gasteiger partial charge on any atom is 0.344 e. The number of fused-ring (bicyclic) bond motifs is 1. The monoisotopic (exact) mass is 316 g/mol. The fourth-order valence-corrected chi connectivity index (χ4v) is 2.42. The van der Waals surface area contributed by atoms with Crippen LogP contribution in [0.4, 0.5) is 0 Å². The van der Waals surface area contributed by atoms with E-state index in [0.717, 1.165) is 16.6 Å². The summed E-state index contributed by atoms with van der Waals surface area (Å²) in [5.74, 6) is 0.183. The zero-order valence-corrected chi connectivity index (χ0v) is 13.5. The first kappa shape index (κ1) is 15.7. The van der Waals surface area contributed by atoms with Gasteiger partial charge in [0.25, 0.3) is 0 Å². The molecule has 1 aromatic heterocycles. The van der Waals surface area contributed by atoms with E-state index in [1.807, 2.05) is 44.2 Å². The highest BCUT2D eigenvalue weighted by Crippen LogP contribution is 2.24. The molecule has 0 unspecified atom stereocenters. The Hall–Kier alpha value is -3.19. The number of ether oxygens (including phenoxy) is 1. The Labute approximate surface area is 140 Å². The smallest absolute Gasteiger partial charge is 0.344 e. The Morgan fingerprint density at radius 3 is 2.50 bits per heavy atom. The molecule has 0 saturated carbocycles. The normalized spacial score (nSPS) is 10.6. The Morgan fingerprint density at radius 1 is 1.12 bits per heavy atom. The second kappa shape index (κ2) is 6.51. The maximum atomic E-state index is 12.6. The van der Waals surface area contributed by atoms with Gasteiger partial charge in [0.05, 0.1) is 22.7 Å². The van der Waals surface area contributed by atoms with Gasteiger partial charge in [0.1, 0.15) is 5.75 Å². The standard InChI is InChI=1S/C20H16N2O2/c1-13(2)19-11-17(16-5-3-4-6-18(16)22-19)20(23)24-15-9-7-14(12-21)8-10-15/h3-11,13H,1-2H3. The van der Waals surface area contributed by atoms with Crippen LogP contribution in [0.25, 0.3) is 10.9 Å². The highest BCUT2D eigenvalue weighted by Gasteiger charge is 2.16. The van der Waals surface area contributed by atoms with Crippen LogP contribution in [0, 0.1) is 11.3 Å². The SMILES string of the molecule is CC(C)c1cc(C(=O)Oc2ccc(C#N)cc2)c2ccccc2n1. The Bertz CT molecular complexity index is 938. The van der Waals surface area contributed by atoms with Gasteiger partial charge in [-0.2, -0.15) is 5.26 Å². The van der Waals surface area contributed by atoms with Crippen LogP contribution >= 0.6 is 0 Å². The second-order valence-electron chi connectivity index (χ2n) is 5.79. The number of nitrogens with zero attached hydrogens (tertiary/aromatic N) is 2. The third kappa shape index (κ3) is 3.11. The van der Waals surface area contributed by atoms with E-state index in [9.17, 15) is 4.79 Å². The summed E-state index contributed by atoms with van der Waals surface area (Å²) in [6.45, 7) is 4.07. The summed E-state index contributed by atoms with van der Waals surface area (Å²) >= 11 is 0. The van der Waals surface area contributed by atoms with Gasteiger partial charge in [-0.3, -0.25) is 4.98 Å². The van der Waals surface area contributed by atoms with Gasteiger partial charge < -0.3 is 4.74 Å². The highest BCUT2D eigenvalue weighted by molar-refractivity contribution is 6.04. The van der Waals surface area contributed by atoms with Crippen molar-refractivity contribution in [1.29, 1.82) is 5.26 Å². The van der Waals surface area contributed by atoms with Crippen molar-refractivity contribution in [2.45, 2.75) is 19.8 Å². The van der Waals surface area contributed by atoms with E-state index in [1.165, 1.54) is 0 Å². The summed E-state index contributed by atoms with van der Waals surface area (Å²) in [6.07, 6.45) is 0. The minimum Gasteiger partial charge on any atom is -0.423 e. The number of hydrogen-bond acceptors (Lipinski definition) is 4. The van der Waals surface area contributed by atoms with Crippen molar-refractivity contribution in [2.24, 2.45) is 0 Å². The number of aromatic nitrogens is 1. The summed E-state index contributed by atoms with van der Waals surface area (Å²) in [5.41, 5.74) is 2.64. The highest BCUT2D eigenvalue weighted by atomic mass is 16.5. The molecule has 0 aliphatic carbocycles. The quantitative estimate of drug-likeness (QED) is 0.529. The van der Waals surface area contributed by atoms with Gasteiger partial charge in [0, 0.05) is 11.1 Å². The van der Waals surface area contributed by atoms with Gasteiger partial charge in [-0.05, 0) is 42.3 Å². The van der Waals surface area contributed by atoms with Crippen LogP contribution < -0.4 is 4.74 Å². The number of esters is 1. The number of benzene rings is 2. The molecule has 4 nitrogen and oxygen atoms in total. The molecule has 4 heteroatoms. The fraction of sp³-hybridized carbons (Fsp3) is 0.150. The molecule has 0 amide bonds. The van der Waals surface area contributed by atoms with Crippen LogP contribution in [0.1, 0.15) is 41.4 Å². The molecular formula is C20H16N2O2. The van der Waals surface area contributed by atoms with E-state index in [1.54, 1.807) is 30.3 Å². The zero-order valence-electron chi connectivity index (χ0n) is 13.5. The lowest BCUT2D eigenvalue weighted by Gasteiger charge is -2.11. The number of hydrogen-bond donors (Lipinski definition) is 0. The molecule has 1 heterocycles. The van der Waals surface area contributed by atoms with Gasteiger partial charge in [0.15, 0.2) is 0 Å². The van der Waals surface area contributed by atoms with E-state index in [2.05, 4.69) is 4.98 Å². The third-order valence-corrected chi connectivity index (χ3v) is 3.74. The maximum absolute atomic E-state index is 12.6. The summed E-state index contributed by atoms with van der Waals surface area (Å²) in [4.78, 5) is 17.2. The zero-order chi connectivity index (χ0) is 17.1. The van der Waals surface area contributed by atoms with Crippen molar-refractivity contribution in [1.82, 2.24) is 4.98 Å². The molecule has 3 aromatic rings. The summed E-state index contributed by atoms with van der Waals surface area (Å²) < 4.78 is 5.47. The average molecular weight is 316 g/mol. The van der Waals surface area contributed by atoms with E-state index in [4.69, 9.17) is 10.00 Å². The second-order valence-corrected chi connectivity index (χ2v) is 5.79. The number of para-hydroxylation sites is 1. The third-order valence-electron chi connectivity index (χ3n) is 3.74. The molecule has 0 aliphatic rings. The van der Waals surface area contributed by atoms with Gasteiger partial charge in [-0.15, -0.1) is 0 Å². The van der Waals surface area contributed by atoms with Crippen molar-refractivity contribution in [2.75, 3.05) is 0 Å². The first-order valence-corrected chi connectivity index (χ1v) is 7.70. The molecule has 118 valence electrons. The summed E-state index contributed by atoms with van der Waals surface area (Å²) in [7, 11) is 0. The molecule has 3 rings (SSSR count). The van der Waals surface area contributed by atoms with E-state index in [-0.39, 0.29) is 5.92 Å². The van der Waals surface area contributed by atoms with Gasteiger partial charge in [-0.25, -0.2) is 4.79 Å². The topological polar surface area (TPSA) is 63.0 Å². The lowest BCUT2D eigenvalue weighted by molar-refractivity contribution is 0.0736. The van der Waals surface area contributed by atoms with Crippen molar-refractivity contribution in [3.63, 3.8) is 0 Å². The fourth-order valence-electron chi connectivity index (χ4n) is 2.42. The van der Waals surface area contributed by atoms with E-state index >= 15 is 0 Å². The van der Waals surface area contributed by atoms with Crippen LogP contribution in [-0.4, -0.2) is 11.0 Å². The largest absolute Gasteiger partial charge is 0.423 e. The molecule has 24 heavy (non-hydrogen) atoms. The number of rotatable bonds is 3. The molecular weight excluding hydrogens is 300 g/mol. The van der Waals surface area contributed by atoms with Crippen molar-refractivity contribution in [3.05, 3.63) is 71.4 Å². The Balaban J connectivity index is 2.00. The average Bonchev–Trinajstić information content (AvgIpc) is 2.61. The number of carbonyl (C=O) groups is 1. The lowest BCUT2D eigenvalue weighted by Crippen LogP contribution is -2.11. The predicted molar refractivity (Wildman–Crippen MR) is 91.9 cm³/mol. The molecule has 0 aliphatic heterocycles. The van der Waals surface area contributed by atoms with Gasteiger partial charge in [-0.1, -0.05) is 32.0 Å². The molecule has 0 fully saturated rings. The molecule has 0 N–H and O–H groups in total. The Kier molecular flexibility index (Phi) is 4.26. The number of carbonyl (C=O) groups excluding carboxylic acids is 1. The van der Waals surface area contributed by atoms with E-state index in [0.29, 0.717) is 16.9 Å². The molecule has 0 spiro atoms.